The van der Waals surface area contributed by atoms with Crippen LogP contribution in [0.4, 0.5) is 14.5 Å². The Balaban J connectivity index is 1.90. The molecule has 4 aromatic rings. The van der Waals surface area contributed by atoms with E-state index in [9.17, 15) is 18.8 Å². The summed E-state index contributed by atoms with van der Waals surface area (Å²) in [6.45, 7) is 5.34. The van der Waals surface area contributed by atoms with Gasteiger partial charge >= 0.3 is 0 Å². The van der Waals surface area contributed by atoms with Crippen LogP contribution in [0.3, 0.4) is 0 Å². The van der Waals surface area contributed by atoms with E-state index >= 15 is 0 Å². The molecular weight excluding hydrogens is 426 g/mol. The third kappa shape index (κ3) is 4.17. The second kappa shape index (κ2) is 8.79. The third-order valence-electron chi connectivity index (χ3n) is 5.37. The van der Waals surface area contributed by atoms with Crippen LogP contribution in [0.2, 0.25) is 0 Å². The Labute approximate surface area is 188 Å². The number of benzene rings is 1. The maximum Gasteiger partial charge on any atom is 0.280 e. The molecule has 0 unspecified atom stereocenters. The number of anilines is 1. The highest BCUT2D eigenvalue weighted by Crippen LogP contribution is 2.32. The van der Waals surface area contributed by atoms with Crippen molar-refractivity contribution in [3.63, 3.8) is 0 Å². The van der Waals surface area contributed by atoms with Crippen molar-refractivity contribution in [2.24, 2.45) is 0 Å². The number of rotatable bonds is 5. The Kier molecular flexibility index (Phi) is 5.88. The first kappa shape index (κ1) is 22.1. The zero-order valence-electron chi connectivity index (χ0n) is 18.2. The number of halogens is 2. The van der Waals surface area contributed by atoms with E-state index in [1.165, 1.54) is 24.4 Å². The van der Waals surface area contributed by atoms with E-state index in [4.69, 9.17) is 4.42 Å². The van der Waals surface area contributed by atoms with E-state index in [0.717, 1.165) is 5.56 Å². The lowest BCUT2D eigenvalue weighted by Gasteiger charge is -2.19. The van der Waals surface area contributed by atoms with Crippen molar-refractivity contribution in [2.45, 2.75) is 33.2 Å². The molecule has 0 aliphatic carbocycles. The molecule has 0 aliphatic rings. The van der Waals surface area contributed by atoms with Gasteiger partial charge in [0.25, 0.3) is 6.43 Å². The topological polar surface area (TPSA) is 91.8 Å². The Morgan fingerprint density at radius 3 is 2.67 bits per heavy atom. The van der Waals surface area contributed by atoms with Gasteiger partial charge in [-0.05, 0) is 56.7 Å². The summed E-state index contributed by atoms with van der Waals surface area (Å²) in [5.41, 5.74) is 2.46. The second-order valence-corrected chi connectivity index (χ2v) is 7.74. The van der Waals surface area contributed by atoms with Gasteiger partial charge in [0.05, 0.1) is 17.1 Å². The fourth-order valence-electron chi connectivity index (χ4n) is 3.75. The smallest absolute Gasteiger partial charge is 0.280 e. The van der Waals surface area contributed by atoms with Gasteiger partial charge in [-0.2, -0.15) is 5.26 Å². The molecule has 3 heterocycles. The van der Waals surface area contributed by atoms with Crippen LogP contribution in [0.25, 0.3) is 22.4 Å². The summed E-state index contributed by atoms with van der Waals surface area (Å²) in [5, 5.41) is 13.0. The van der Waals surface area contributed by atoms with Crippen molar-refractivity contribution in [3.8, 4) is 17.5 Å². The number of aryl methyl sites for hydroxylation is 1. The van der Waals surface area contributed by atoms with Crippen LogP contribution in [0.1, 0.15) is 47.5 Å². The van der Waals surface area contributed by atoms with E-state index in [-0.39, 0.29) is 34.2 Å². The molecule has 0 spiro atoms. The van der Waals surface area contributed by atoms with Gasteiger partial charge in [-0.1, -0.05) is 12.1 Å². The first-order valence-corrected chi connectivity index (χ1v) is 10.2. The third-order valence-corrected chi connectivity index (χ3v) is 5.37. The predicted octanol–water partition coefficient (Wildman–Crippen LogP) is 5.85. The zero-order valence-corrected chi connectivity index (χ0v) is 18.2. The lowest BCUT2D eigenvalue weighted by Crippen LogP contribution is -2.13. The van der Waals surface area contributed by atoms with Gasteiger partial charge < -0.3 is 9.73 Å². The average molecular weight is 446 g/mol. The molecule has 166 valence electrons. The van der Waals surface area contributed by atoms with E-state index in [0.29, 0.717) is 22.2 Å². The highest BCUT2D eigenvalue weighted by atomic mass is 19.3. The summed E-state index contributed by atoms with van der Waals surface area (Å²) in [5.74, 6) is 0.145. The number of nitrogens with one attached hydrogen (secondary N) is 1. The van der Waals surface area contributed by atoms with Crippen molar-refractivity contribution in [1.29, 1.82) is 5.26 Å². The molecule has 0 radical (unpaired) electrons. The van der Waals surface area contributed by atoms with Crippen LogP contribution in [0.15, 0.2) is 57.9 Å². The van der Waals surface area contributed by atoms with E-state index in [2.05, 4.69) is 15.3 Å². The highest BCUT2D eigenvalue weighted by Gasteiger charge is 2.21. The number of hydrogen-bond donors (Lipinski definition) is 1. The molecule has 0 aliphatic heterocycles. The van der Waals surface area contributed by atoms with Gasteiger partial charge in [0.2, 0.25) is 0 Å². The number of alkyl halides is 2. The average Bonchev–Trinajstić information content (AvgIpc) is 2.81. The van der Waals surface area contributed by atoms with Crippen molar-refractivity contribution in [2.75, 3.05) is 5.32 Å². The summed E-state index contributed by atoms with van der Waals surface area (Å²) >= 11 is 0. The molecule has 1 atom stereocenters. The van der Waals surface area contributed by atoms with E-state index < -0.39 is 12.1 Å². The molecule has 1 aromatic carbocycles. The lowest BCUT2D eigenvalue weighted by molar-refractivity contribution is 0.146. The van der Waals surface area contributed by atoms with Crippen LogP contribution < -0.4 is 10.7 Å². The summed E-state index contributed by atoms with van der Waals surface area (Å²) in [6, 6.07) is 13.0. The van der Waals surface area contributed by atoms with Crippen molar-refractivity contribution < 1.29 is 13.2 Å². The summed E-state index contributed by atoms with van der Waals surface area (Å²) in [4.78, 5) is 21.3. The van der Waals surface area contributed by atoms with Gasteiger partial charge in [-0.25, -0.2) is 18.7 Å². The minimum atomic E-state index is -2.74. The van der Waals surface area contributed by atoms with Gasteiger partial charge in [-0.15, -0.1) is 0 Å². The standard InChI is InChI=1S/C25H20F2N4O2/c1-13-10-16(15(3)30-18-8-5-9-29-21(18)12-28)24-17(11-13)22(32)14(2)23(33-24)19-6-4-7-20(31-19)25(26)27/h4-11,15,25,30H,1-3H3/t15-/m1/s1. The minimum absolute atomic E-state index is 0.145. The first-order chi connectivity index (χ1) is 15.8. The van der Waals surface area contributed by atoms with Gasteiger partial charge in [0.1, 0.15) is 23.0 Å². The van der Waals surface area contributed by atoms with Gasteiger partial charge in [-0.3, -0.25) is 4.79 Å². The zero-order chi connectivity index (χ0) is 23.7. The number of fused-ring (bicyclic) bond motifs is 1. The monoisotopic (exact) mass is 446 g/mol. The molecule has 3 aromatic heterocycles. The molecule has 0 saturated carbocycles. The predicted molar refractivity (Wildman–Crippen MR) is 121 cm³/mol. The molecule has 8 heteroatoms. The largest absolute Gasteiger partial charge is 0.454 e. The maximum atomic E-state index is 13.2. The molecule has 33 heavy (non-hydrogen) atoms. The Morgan fingerprint density at radius 1 is 1.15 bits per heavy atom. The van der Waals surface area contributed by atoms with Crippen LogP contribution in [-0.4, -0.2) is 9.97 Å². The van der Waals surface area contributed by atoms with Gasteiger partial charge in [0.15, 0.2) is 16.9 Å². The number of nitrogens with zero attached hydrogens (tertiary/aromatic N) is 3. The Morgan fingerprint density at radius 2 is 1.94 bits per heavy atom. The fourth-order valence-corrected chi connectivity index (χ4v) is 3.75. The highest BCUT2D eigenvalue weighted by molar-refractivity contribution is 5.84. The van der Waals surface area contributed by atoms with E-state index in [1.807, 2.05) is 26.0 Å². The van der Waals surface area contributed by atoms with Crippen LogP contribution in [0, 0.1) is 25.2 Å². The van der Waals surface area contributed by atoms with Crippen LogP contribution in [0.5, 0.6) is 0 Å². The number of aromatic nitrogens is 2. The minimum Gasteiger partial charge on any atom is -0.454 e. The molecule has 4 rings (SSSR count). The SMILES string of the molecule is Cc1cc([C@@H](C)Nc2cccnc2C#N)c2oc(-c3cccc(C(F)F)n3)c(C)c(=O)c2c1. The number of pyridine rings is 2. The van der Waals surface area contributed by atoms with Crippen LogP contribution >= 0.6 is 0 Å². The maximum absolute atomic E-state index is 13.2. The van der Waals surface area contributed by atoms with Crippen LogP contribution in [-0.2, 0) is 0 Å². The molecular formula is C25H20F2N4O2. The molecule has 6 nitrogen and oxygen atoms in total. The van der Waals surface area contributed by atoms with Gasteiger partial charge in [0, 0.05) is 17.3 Å². The van der Waals surface area contributed by atoms with Crippen molar-refractivity contribution in [3.05, 3.63) is 87.0 Å². The normalized spacial score (nSPS) is 12.0. The van der Waals surface area contributed by atoms with Crippen molar-refractivity contribution >= 4 is 16.7 Å². The molecule has 0 fully saturated rings. The quantitative estimate of drug-likeness (QED) is 0.413. The molecule has 0 amide bonds. The lowest BCUT2D eigenvalue weighted by atomic mass is 9.99. The summed E-state index contributed by atoms with van der Waals surface area (Å²) in [7, 11) is 0. The summed E-state index contributed by atoms with van der Waals surface area (Å²) < 4.78 is 32.5. The first-order valence-electron chi connectivity index (χ1n) is 10.2. The summed E-state index contributed by atoms with van der Waals surface area (Å²) in [6.07, 6.45) is -1.21. The number of nitriles is 1. The second-order valence-electron chi connectivity index (χ2n) is 7.74. The molecule has 1 N–H and O–H groups in total. The van der Waals surface area contributed by atoms with E-state index in [1.54, 1.807) is 25.1 Å². The Hall–Kier alpha value is -4.12. The fraction of sp³-hybridized carbons (Fsp3) is 0.200. The van der Waals surface area contributed by atoms with Crippen molar-refractivity contribution in [1.82, 2.24) is 9.97 Å². The molecule has 0 bridgehead atoms. The number of hydrogen-bond acceptors (Lipinski definition) is 6. The molecule has 0 saturated heterocycles. The Bertz CT molecular complexity index is 1460.